The van der Waals surface area contributed by atoms with Gasteiger partial charge in [0.05, 0.1) is 7.11 Å². The molecule has 0 fully saturated rings. The molecule has 1 aromatic rings. The molecule has 0 bridgehead atoms. The van der Waals surface area contributed by atoms with Crippen LogP contribution < -0.4 is 4.90 Å². The van der Waals surface area contributed by atoms with Crippen LogP contribution in [-0.2, 0) is 4.74 Å². The summed E-state index contributed by atoms with van der Waals surface area (Å²) < 4.78 is 42.4. The number of hydrogen-bond donors (Lipinski definition) is 0. The number of carbonyl (C=O) groups is 2. The number of esters is 1. The van der Waals surface area contributed by atoms with Crippen molar-refractivity contribution in [1.82, 2.24) is 4.98 Å². The van der Waals surface area contributed by atoms with Crippen molar-refractivity contribution in [3.63, 3.8) is 0 Å². The molecule has 0 aromatic carbocycles. The monoisotopic (exact) mass is 324 g/mol. The van der Waals surface area contributed by atoms with Crippen molar-refractivity contribution in [1.29, 1.82) is 0 Å². The van der Waals surface area contributed by atoms with Gasteiger partial charge in [-0.1, -0.05) is 11.3 Å². The number of hydrogen-bond acceptors (Lipinski definition) is 6. The van der Waals surface area contributed by atoms with E-state index in [1.54, 1.807) is 13.8 Å². The van der Waals surface area contributed by atoms with E-state index in [-0.39, 0.29) is 15.7 Å². The standard InChI is InChI=1S/C12H15F3N2O3S/c1-6(2)17(5-12(13,14)15)11-16-8(10(19)20-4)9(21-11)7(3)18/h6H,5H2,1-4H3. The molecule has 0 aliphatic rings. The molecule has 9 heteroatoms. The number of carbonyl (C=O) groups excluding carboxylic acids is 2. The van der Waals surface area contributed by atoms with Crippen LogP contribution in [-0.4, -0.2) is 42.6 Å². The number of rotatable bonds is 5. The zero-order valence-electron chi connectivity index (χ0n) is 11.9. The highest BCUT2D eigenvalue weighted by Crippen LogP contribution is 2.31. The molecule has 1 aromatic heterocycles. The van der Waals surface area contributed by atoms with Crippen molar-refractivity contribution < 1.29 is 27.5 Å². The molecule has 0 aliphatic heterocycles. The number of aromatic nitrogens is 1. The lowest BCUT2D eigenvalue weighted by molar-refractivity contribution is -0.120. The molecule has 0 saturated heterocycles. The molecule has 5 nitrogen and oxygen atoms in total. The molecule has 1 rings (SSSR count). The lowest BCUT2D eigenvalue weighted by Crippen LogP contribution is -2.39. The van der Waals surface area contributed by atoms with Crippen LogP contribution in [0, 0.1) is 0 Å². The van der Waals surface area contributed by atoms with Crippen LogP contribution in [0.4, 0.5) is 18.3 Å². The average molecular weight is 324 g/mol. The van der Waals surface area contributed by atoms with Crippen molar-refractivity contribution in [2.45, 2.75) is 33.0 Å². The van der Waals surface area contributed by atoms with Gasteiger partial charge in [-0.15, -0.1) is 0 Å². The number of ether oxygens (including phenoxy) is 1. The molecule has 0 aliphatic carbocycles. The third-order valence-corrected chi connectivity index (χ3v) is 3.73. The predicted molar refractivity (Wildman–Crippen MR) is 72.0 cm³/mol. The maximum absolute atomic E-state index is 12.6. The Labute approximate surface area is 123 Å². The summed E-state index contributed by atoms with van der Waals surface area (Å²) in [4.78, 5) is 27.9. The predicted octanol–water partition coefficient (Wildman–Crippen LogP) is 2.91. The molecular weight excluding hydrogens is 309 g/mol. The van der Waals surface area contributed by atoms with Gasteiger partial charge in [-0.2, -0.15) is 13.2 Å². The van der Waals surface area contributed by atoms with Gasteiger partial charge >= 0.3 is 12.1 Å². The molecule has 21 heavy (non-hydrogen) atoms. The Kier molecular flexibility index (Phi) is 5.32. The maximum atomic E-state index is 12.6. The Morgan fingerprint density at radius 3 is 2.33 bits per heavy atom. The van der Waals surface area contributed by atoms with Crippen molar-refractivity contribution in [2.75, 3.05) is 18.6 Å². The van der Waals surface area contributed by atoms with Gasteiger partial charge in [0.2, 0.25) is 0 Å². The second-order valence-electron chi connectivity index (χ2n) is 4.56. The van der Waals surface area contributed by atoms with Gasteiger partial charge in [0.1, 0.15) is 11.4 Å². The number of anilines is 1. The topological polar surface area (TPSA) is 59.5 Å². The molecule has 1 heterocycles. The lowest BCUT2D eigenvalue weighted by Gasteiger charge is -2.26. The molecule has 0 amide bonds. The highest BCUT2D eigenvalue weighted by atomic mass is 32.1. The summed E-state index contributed by atoms with van der Waals surface area (Å²) in [5, 5.41) is -0.0343. The Balaban J connectivity index is 3.27. The summed E-state index contributed by atoms with van der Waals surface area (Å²) in [6.45, 7) is 3.14. The van der Waals surface area contributed by atoms with Gasteiger partial charge in [-0.3, -0.25) is 4.79 Å². The van der Waals surface area contributed by atoms with Crippen LogP contribution >= 0.6 is 11.3 Å². The zero-order chi connectivity index (χ0) is 16.4. The van der Waals surface area contributed by atoms with Gasteiger partial charge in [0, 0.05) is 13.0 Å². The van der Waals surface area contributed by atoms with Crippen LogP contribution in [0.15, 0.2) is 0 Å². The molecule has 0 saturated carbocycles. The summed E-state index contributed by atoms with van der Waals surface area (Å²) in [5.41, 5.74) is -0.252. The van der Waals surface area contributed by atoms with Gasteiger partial charge in [-0.05, 0) is 13.8 Å². The van der Waals surface area contributed by atoms with Gasteiger partial charge < -0.3 is 9.64 Å². The van der Waals surface area contributed by atoms with Crippen molar-refractivity contribution >= 4 is 28.2 Å². The van der Waals surface area contributed by atoms with E-state index >= 15 is 0 Å². The summed E-state index contributed by atoms with van der Waals surface area (Å²) in [6.07, 6.45) is -4.42. The summed E-state index contributed by atoms with van der Waals surface area (Å²) in [6, 6.07) is -0.497. The molecule has 0 N–H and O–H groups in total. The average Bonchev–Trinajstić information content (AvgIpc) is 2.78. The minimum atomic E-state index is -4.42. The Morgan fingerprint density at radius 2 is 1.95 bits per heavy atom. The Morgan fingerprint density at radius 1 is 1.38 bits per heavy atom. The van der Waals surface area contributed by atoms with Gasteiger partial charge in [-0.25, -0.2) is 9.78 Å². The highest BCUT2D eigenvalue weighted by molar-refractivity contribution is 7.17. The van der Waals surface area contributed by atoms with Gasteiger partial charge in [0.25, 0.3) is 0 Å². The Bertz CT molecular complexity index is 540. The largest absolute Gasteiger partial charge is 0.464 e. The third kappa shape index (κ3) is 4.42. The number of ketones is 1. The number of alkyl halides is 3. The number of nitrogens with zero attached hydrogens (tertiary/aromatic N) is 2. The molecule has 0 atom stereocenters. The van der Waals surface area contributed by atoms with Crippen LogP contribution in [0.25, 0.3) is 0 Å². The molecule has 0 unspecified atom stereocenters. The van der Waals surface area contributed by atoms with E-state index in [1.165, 1.54) is 6.92 Å². The molecular formula is C12H15F3N2O3S. The zero-order valence-corrected chi connectivity index (χ0v) is 12.8. The minimum Gasteiger partial charge on any atom is -0.464 e. The number of halogens is 3. The minimum absolute atomic E-state index is 0.00956. The third-order valence-electron chi connectivity index (χ3n) is 2.53. The van der Waals surface area contributed by atoms with E-state index in [2.05, 4.69) is 9.72 Å². The summed E-state index contributed by atoms with van der Waals surface area (Å²) in [7, 11) is 1.11. The van der Waals surface area contributed by atoms with Crippen LogP contribution in [0.1, 0.15) is 40.9 Å². The first-order chi connectivity index (χ1) is 9.56. The first-order valence-electron chi connectivity index (χ1n) is 6.00. The number of thiazole rings is 1. The summed E-state index contributed by atoms with van der Waals surface area (Å²) in [5.74, 6) is -1.30. The van der Waals surface area contributed by atoms with Crippen molar-refractivity contribution in [2.24, 2.45) is 0 Å². The fraction of sp³-hybridized carbons (Fsp3) is 0.583. The number of Topliss-reactive ketones (excluding diaryl/α,β-unsaturated/α-hetero) is 1. The van der Waals surface area contributed by atoms with E-state index in [0.717, 1.165) is 23.3 Å². The molecule has 0 spiro atoms. The smallest absolute Gasteiger partial charge is 0.406 e. The van der Waals surface area contributed by atoms with Crippen LogP contribution in [0.5, 0.6) is 0 Å². The van der Waals surface area contributed by atoms with E-state index in [9.17, 15) is 22.8 Å². The van der Waals surface area contributed by atoms with E-state index < -0.39 is 30.5 Å². The second-order valence-corrected chi connectivity index (χ2v) is 5.54. The van der Waals surface area contributed by atoms with E-state index in [1.807, 2.05) is 0 Å². The second kappa shape index (κ2) is 6.42. The fourth-order valence-corrected chi connectivity index (χ4v) is 2.65. The first kappa shape index (κ1) is 17.4. The van der Waals surface area contributed by atoms with E-state index in [4.69, 9.17) is 0 Å². The first-order valence-corrected chi connectivity index (χ1v) is 6.82. The van der Waals surface area contributed by atoms with Crippen molar-refractivity contribution in [3.05, 3.63) is 10.6 Å². The molecule has 0 radical (unpaired) electrons. The van der Waals surface area contributed by atoms with Gasteiger partial charge in [0.15, 0.2) is 16.6 Å². The maximum Gasteiger partial charge on any atom is 0.406 e. The fourth-order valence-electron chi connectivity index (χ4n) is 1.57. The molecule has 118 valence electrons. The van der Waals surface area contributed by atoms with Crippen molar-refractivity contribution in [3.8, 4) is 0 Å². The quantitative estimate of drug-likeness (QED) is 0.616. The number of methoxy groups -OCH3 is 1. The SMILES string of the molecule is COC(=O)c1nc(N(CC(F)(F)F)C(C)C)sc1C(C)=O. The summed E-state index contributed by atoms with van der Waals surface area (Å²) >= 11 is 0.753. The highest BCUT2D eigenvalue weighted by Gasteiger charge is 2.34. The van der Waals surface area contributed by atoms with E-state index in [0.29, 0.717) is 0 Å². The Hall–Kier alpha value is -1.64. The lowest BCUT2D eigenvalue weighted by atomic mass is 10.3. The van der Waals surface area contributed by atoms with Crippen LogP contribution in [0.2, 0.25) is 0 Å². The van der Waals surface area contributed by atoms with Crippen LogP contribution in [0.3, 0.4) is 0 Å². The normalized spacial score (nSPS) is 11.6.